The molecule has 4 aromatic rings. The maximum atomic E-state index is 13.9. The lowest BCUT2D eigenvalue weighted by Gasteiger charge is -2.33. The minimum absolute atomic E-state index is 0.0270. The molecule has 0 radical (unpaired) electrons. The first kappa shape index (κ1) is 26.9. The number of nitrogens with one attached hydrogen (secondary N) is 4. The second-order valence-corrected chi connectivity index (χ2v) is 11.7. The van der Waals surface area contributed by atoms with E-state index in [0.29, 0.717) is 6.04 Å². The van der Waals surface area contributed by atoms with Crippen LogP contribution in [-0.2, 0) is 4.79 Å². The molecule has 1 amide bonds. The van der Waals surface area contributed by atoms with Crippen LogP contribution in [0.2, 0.25) is 0 Å². The normalized spacial score (nSPS) is 23.9. The van der Waals surface area contributed by atoms with Gasteiger partial charge in [-0.2, -0.15) is 0 Å². The van der Waals surface area contributed by atoms with Crippen LogP contribution in [0.25, 0.3) is 11.3 Å². The first-order valence-electron chi connectivity index (χ1n) is 15.2. The molecule has 1 aromatic heterocycles. The molecule has 3 saturated heterocycles. The highest BCUT2D eigenvalue weighted by Gasteiger charge is 2.35. The number of imidazole rings is 1. The molecule has 3 fully saturated rings. The lowest BCUT2D eigenvalue weighted by Crippen LogP contribution is -2.35. The molecule has 7 rings (SSSR count). The van der Waals surface area contributed by atoms with Crippen LogP contribution in [0.1, 0.15) is 73.6 Å². The third-order valence-corrected chi connectivity index (χ3v) is 9.04. The van der Waals surface area contributed by atoms with Gasteiger partial charge in [-0.05, 0) is 105 Å². The highest BCUT2D eigenvalue weighted by Crippen LogP contribution is 2.47. The Morgan fingerprint density at radius 1 is 0.810 bits per heavy atom. The fourth-order valence-corrected chi connectivity index (χ4v) is 6.83. The van der Waals surface area contributed by atoms with Gasteiger partial charge < -0.3 is 25.8 Å². The van der Waals surface area contributed by atoms with Gasteiger partial charge in [-0.15, -0.1) is 0 Å². The van der Waals surface area contributed by atoms with E-state index in [0.717, 1.165) is 73.7 Å². The number of halogens is 1. The van der Waals surface area contributed by atoms with E-state index in [-0.39, 0.29) is 29.8 Å². The summed E-state index contributed by atoms with van der Waals surface area (Å²) in [6.45, 7) is 1.94. The van der Waals surface area contributed by atoms with Gasteiger partial charge in [0.2, 0.25) is 5.91 Å². The molecule has 0 saturated carbocycles. The molecule has 0 bridgehead atoms. The Morgan fingerprint density at radius 3 is 2.12 bits per heavy atom. The molecule has 7 nitrogen and oxygen atoms in total. The van der Waals surface area contributed by atoms with Gasteiger partial charge in [-0.25, -0.2) is 9.37 Å². The van der Waals surface area contributed by atoms with Gasteiger partial charge in [-0.3, -0.25) is 4.79 Å². The summed E-state index contributed by atoms with van der Waals surface area (Å²) in [6, 6.07) is 24.3. The van der Waals surface area contributed by atoms with Crippen molar-refractivity contribution in [1.82, 2.24) is 20.6 Å². The molecule has 8 heteroatoms. The molecule has 3 aromatic carbocycles. The van der Waals surface area contributed by atoms with Gasteiger partial charge in [-0.1, -0.05) is 36.4 Å². The van der Waals surface area contributed by atoms with Gasteiger partial charge in [0, 0.05) is 11.4 Å². The van der Waals surface area contributed by atoms with Crippen LogP contribution < -0.4 is 20.9 Å². The zero-order valence-electron chi connectivity index (χ0n) is 23.7. The second-order valence-electron chi connectivity index (χ2n) is 11.7. The van der Waals surface area contributed by atoms with Gasteiger partial charge >= 0.3 is 0 Å². The van der Waals surface area contributed by atoms with E-state index >= 15 is 0 Å². The van der Waals surface area contributed by atoms with Crippen molar-refractivity contribution in [2.45, 2.75) is 62.7 Å². The number of anilines is 2. The Morgan fingerprint density at radius 2 is 1.48 bits per heavy atom. The fourth-order valence-electron chi connectivity index (χ4n) is 6.83. The fraction of sp³-hybridized carbons (Fsp3) is 0.353. The van der Waals surface area contributed by atoms with Crippen molar-refractivity contribution >= 4 is 17.3 Å². The predicted octanol–water partition coefficient (Wildman–Crippen LogP) is 6.41. The van der Waals surface area contributed by atoms with E-state index in [1.54, 1.807) is 0 Å². The molecule has 3 aliphatic rings. The van der Waals surface area contributed by atoms with E-state index in [4.69, 9.17) is 0 Å². The SMILES string of the molecule is O=C(Nc1ccc(C2CCC(c3ccc(-c4cnc([C@@H]5CCCN5)[nH]4)cc3)N2c2ccc(F)cc2)cc1)[C@@H]1CCCN1. The third-order valence-electron chi connectivity index (χ3n) is 9.04. The van der Waals surface area contributed by atoms with E-state index in [1.807, 2.05) is 30.5 Å². The van der Waals surface area contributed by atoms with Gasteiger partial charge in [0.25, 0.3) is 0 Å². The Labute approximate surface area is 245 Å². The topological polar surface area (TPSA) is 85.1 Å². The number of carbonyl (C=O) groups is 1. The average Bonchev–Trinajstić information content (AvgIpc) is 3.85. The zero-order valence-corrected chi connectivity index (χ0v) is 23.7. The molecule has 42 heavy (non-hydrogen) atoms. The Bertz CT molecular complexity index is 1510. The lowest BCUT2D eigenvalue weighted by atomic mass is 10.0. The first-order valence-corrected chi connectivity index (χ1v) is 15.2. The minimum atomic E-state index is -0.237. The van der Waals surface area contributed by atoms with Crippen LogP contribution in [0.15, 0.2) is 79.0 Å². The average molecular weight is 565 g/mol. The summed E-state index contributed by atoms with van der Waals surface area (Å²) in [5, 5.41) is 9.81. The van der Waals surface area contributed by atoms with Crippen molar-refractivity contribution < 1.29 is 9.18 Å². The summed E-state index contributed by atoms with van der Waals surface area (Å²) in [5.74, 6) is 0.798. The molecular weight excluding hydrogens is 527 g/mol. The Hall–Kier alpha value is -4.01. The number of carbonyl (C=O) groups excluding carboxylic acids is 1. The van der Waals surface area contributed by atoms with Crippen molar-refractivity contribution in [3.8, 4) is 11.3 Å². The van der Waals surface area contributed by atoms with Crippen molar-refractivity contribution in [2.24, 2.45) is 0 Å². The van der Waals surface area contributed by atoms with E-state index in [1.165, 1.54) is 29.7 Å². The first-order chi connectivity index (χ1) is 20.6. The third kappa shape index (κ3) is 5.44. The summed E-state index contributed by atoms with van der Waals surface area (Å²) < 4.78 is 13.9. The summed E-state index contributed by atoms with van der Waals surface area (Å²) in [6.07, 6.45) is 8.09. The number of hydrogen-bond donors (Lipinski definition) is 4. The summed E-state index contributed by atoms with van der Waals surface area (Å²) in [4.78, 5) is 23.1. The Kier molecular flexibility index (Phi) is 7.48. The predicted molar refractivity (Wildman–Crippen MR) is 164 cm³/mol. The van der Waals surface area contributed by atoms with Crippen LogP contribution in [0.3, 0.4) is 0 Å². The van der Waals surface area contributed by atoms with Gasteiger partial charge in [0.05, 0.1) is 36.1 Å². The van der Waals surface area contributed by atoms with Crippen molar-refractivity contribution in [3.05, 3.63) is 102 Å². The highest BCUT2D eigenvalue weighted by molar-refractivity contribution is 5.95. The largest absolute Gasteiger partial charge is 0.357 e. The smallest absolute Gasteiger partial charge is 0.241 e. The van der Waals surface area contributed by atoms with Crippen LogP contribution >= 0.6 is 0 Å². The number of rotatable bonds is 7. The van der Waals surface area contributed by atoms with E-state index < -0.39 is 0 Å². The molecule has 4 atom stereocenters. The summed E-state index contributed by atoms with van der Waals surface area (Å²) in [7, 11) is 0. The number of aromatic nitrogens is 2. The number of benzene rings is 3. The minimum Gasteiger partial charge on any atom is -0.357 e. The summed E-state index contributed by atoms with van der Waals surface area (Å²) >= 11 is 0. The molecular formula is C34H37FN6O. The molecule has 216 valence electrons. The number of aromatic amines is 1. The number of hydrogen-bond acceptors (Lipinski definition) is 5. The van der Waals surface area contributed by atoms with Gasteiger partial charge in [0.15, 0.2) is 0 Å². The van der Waals surface area contributed by atoms with E-state index in [2.05, 4.69) is 67.2 Å². The van der Waals surface area contributed by atoms with Crippen LogP contribution in [0.4, 0.5) is 15.8 Å². The quantitative estimate of drug-likeness (QED) is 0.208. The molecule has 3 aliphatic heterocycles. The van der Waals surface area contributed by atoms with Crippen LogP contribution in [0.5, 0.6) is 0 Å². The lowest BCUT2D eigenvalue weighted by molar-refractivity contribution is -0.117. The zero-order chi connectivity index (χ0) is 28.5. The standard InChI is InChI=1S/C34H37FN6O/c35-25-11-15-27(16-12-25)41-31(23-7-5-22(6-8-23)30-21-38-33(40-30)28-3-1-19-36-28)17-18-32(41)24-9-13-26(14-10-24)39-34(42)29-4-2-20-37-29/h5-16,21,28-29,31-32,36-37H,1-4,17-20H2,(H,38,40)(H,39,42)/t28-,29-,31?,32?/m0/s1. The molecule has 2 unspecified atom stereocenters. The monoisotopic (exact) mass is 564 g/mol. The second kappa shape index (κ2) is 11.7. The highest BCUT2D eigenvalue weighted by atomic mass is 19.1. The molecule has 4 N–H and O–H groups in total. The number of nitrogens with zero attached hydrogens (tertiary/aromatic N) is 2. The van der Waals surface area contributed by atoms with Crippen LogP contribution in [0, 0.1) is 5.82 Å². The maximum Gasteiger partial charge on any atom is 0.241 e. The number of H-pyrrole nitrogens is 1. The van der Waals surface area contributed by atoms with Gasteiger partial charge in [0.1, 0.15) is 11.6 Å². The van der Waals surface area contributed by atoms with E-state index in [9.17, 15) is 9.18 Å². The molecule has 0 aliphatic carbocycles. The molecule has 4 heterocycles. The van der Waals surface area contributed by atoms with Crippen molar-refractivity contribution in [1.29, 1.82) is 0 Å². The molecule has 0 spiro atoms. The maximum absolute atomic E-state index is 13.9. The van der Waals surface area contributed by atoms with Crippen molar-refractivity contribution in [3.63, 3.8) is 0 Å². The Balaban J connectivity index is 1.12. The summed E-state index contributed by atoms with van der Waals surface area (Å²) in [5.41, 5.74) is 6.36. The van der Waals surface area contributed by atoms with Crippen molar-refractivity contribution in [2.75, 3.05) is 23.3 Å². The van der Waals surface area contributed by atoms with Crippen LogP contribution in [-0.4, -0.2) is 35.0 Å². The number of amides is 1.